The van der Waals surface area contributed by atoms with Crippen molar-refractivity contribution in [2.75, 3.05) is 5.32 Å². The number of aryl methyl sites for hydroxylation is 2. The average Bonchev–Trinajstić information content (AvgIpc) is 3.14. The van der Waals surface area contributed by atoms with Gasteiger partial charge in [-0.25, -0.2) is 9.97 Å². The summed E-state index contributed by atoms with van der Waals surface area (Å²) in [6.07, 6.45) is 7.43. The summed E-state index contributed by atoms with van der Waals surface area (Å²) < 4.78 is 5.49. The van der Waals surface area contributed by atoms with Crippen molar-refractivity contribution >= 4 is 17.5 Å². The Bertz CT molecular complexity index is 1110. The van der Waals surface area contributed by atoms with Crippen LogP contribution < -0.4 is 5.32 Å². The highest BCUT2D eigenvalue weighted by Crippen LogP contribution is 2.34. The largest absolute Gasteiger partial charge is 0.360 e. The van der Waals surface area contributed by atoms with Crippen LogP contribution in [0.1, 0.15) is 23.9 Å². The lowest BCUT2D eigenvalue weighted by atomic mass is 10.0. The van der Waals surface area contributed by atoms with Crippen LogP contribution in [0.15, 0.2) is 53.6 Å². The van der Waals surface area contributed by atoms with Crippen LogP contribution in [0, 0.1) is 6.92 Å². The molecule has 4 aromatic rings. The molecule has 0 atom stereocenters. The summed E-state index contributed by atoms with van der Waals surface area (Å²) in [6.45, 7) is 4.50. The molecule has 0 amide bonds. The summed E-state index contributed by atoms with van der Waals surface area (Å²) >= 11 is 5.95. The van der Waals surface area contributed by atoms with Crippen LogP contribution in [0.4, 0.5) is 5.95 Å². The Labute approximate surface area is 173 Å². The lowest BCUT2D eigenvalue weighted by Crippen LogP contribution is -2.06. The summed E-state index contributed by atoms with van der Waals surface area (Å²) in [7, 11) is 0. The topological polar surface area (TPSA) is 89.6 Å². The molecule has 0 aliphatic rings. The van der Waals surface area contributed by atoms with E-state index >= 15 is 0 Å². The number of anilines is 1. The summed E-state index contributed by atoms with van der Waals surface area (Å²) in [5, 5.41) is 8.10. The number of nitrogens with one attached hydrogen (secondary N) is 1. The fraction of sp³-hybridized carbons (Fsp3) is 0.190. The molecule has 29 heavy (non-hydrogen) atoms. The average molecular weight is 407 g/mol. The molecule has 146 valence electrons. The molecule has 0 saturated heterocycles. The van der Waals surface area contributed by atoms with Gasteiger partial charge >= 0.3 is 0 Å². The van der Waals surface area contributed by atoms with E-state index in [0.717, 1.165) is 33.8 Å². The normalized spacial score (nSPS) is 10.9. The van der Waals surface area contributed by atoms with E-state index in [9.17, 15) is 0 Å². The van der Waals surface area contributed by atoms with E-state index < -0.39 is 0 Å². The Kier molecular flexibility index (Phi) is 5.48. The molecule has 0 unspecified atom stereocenters. The van der Waals surface area contributed by atoms with Gasteiger partial charge in [-0.15, -0.1) is 0 Å². The zero-order valence-electron chi connectivity index (χ0n) is 16.1. The van der Waals surface area contributed by atoms with E-state index in [1.807, 2.05) is 38.1 Å². The molecule has 3 aromatic heterocycles. The van der Waals surface area contributed by atoms with Crippen molar-refractivity contribution < 1.29 is 4.52 Å². The van der Waals surface area contributed by atoms with E-state index in [1.165, 1.54) is 0 Å². The number of benzene rings is 1. The van der Waals surface area contributed by atoms with Crippen molar-refractivity contribution in [1.29, 1.82) is 0 Å². The third-order valence-electron chi connectivity index (χ3n) is 4.48. The number of hydrogen-bond donors (Lipinski definition) is 1. The summed E-state index contributed by atoms with van der Waals surface area (Å²) in [5.74, 6) is 1.28. The second kappa shape index (κ2) is 8.36. The minimum absolute atomic E-state index is 0.505. The fourth-order valence-electron chi connectivity index (χ4n) is 3.03. The number of aromatic nitrogens is 5. The van der Waals surface area contributed by atoms with Crippen molar-refractivity contribution in [1.82, 2.24) is 25.1 Å². The van der Waals surface area contributed by atoms with Crippen LogP contribution in [-0.2, 0) is 13.0 Å². The molecule has 1 aromatic carbocycles. The van der Waals surface area contributed by atoms with Crippen molar-refractivity contribution in [2.24, 2.45) is 0 Å². The van der Waals surface area contributed by atoms with Gasteiger partial charge in [-0.2, -0.15) is 0 Å². The first kappa shape index (κ1) is 19.0. The zero-order valence-corrected chi connectivity index (χ0v) is 16.8. The molecule has 3 heterocycles. The number of halogens is 1. The minimum atomic E-state index is 0.505. The molecule has 0 aliphatic heterocycles. The minimum Gasteiger partial charge on any atom is -0.360 e. The van der Waals surface area contributed by atoms with Crippen LogP contribution >= 0.6 is 11.6 Å². The lowest BCUT2D eigenvalue weighted by Gasteiger charge is -2.11. The van der Waals surface area contributed by atoms with Crippen molar-refractivity contribution in [2.45, 2.75) is 26.8 Å². The number of nitrogens with zero attached hydrogens (tertiary/aromatic N) is 5. The highest BCUT2D eigenvalue weighted by atomic mass is 35.5. The first-order chi connectivity index (χ1) is 14.2. The van der Waals surface area contributed by atoms with Gasteiger partial charge in [0.15, 0.2) is 0 Å². The van der Waals surface area contributed by atoms with Crippen LogP contribution in [0.5, 0.6) is 0 Å². The second-order valence-corrected chi connectivity index (χ2v) is 6.88. The smallest absolute Gasteiger partial charge is 0.223 e. The monoisotopic (exact) mass is 406 g/mol. The predicted octanol–water partition coefficient (Wildman–Crippen LogP) is 4.72. The number of hydrogen-bond acceptors (Lipinski definition) is 7. The molecule has 0 bridgehead atoms. The van der Waals surface area contributed by atoms with Gasteiger partial charge in [0, 0.05) is 42.1 Å². The molecular weight excluding hydrogens is 388 g/mol. The van der Waals surface area contributed by atoms with Crippen LogP contribution in [-0.4, -0.2) is 25.1 Å². The molecule has 0 radical (unpaired) electrons. The quantitative estimate of drug-likeness (QED) is 0.495. The Hall–Kier alpha value is -3.32. The molecule has 1 N–H and O–H groups in total. The van der Waals surface area contributed by atoms with E-state index in [1.54, 1.807) is 24.8 Å². The lowest BCUT2D eigenvalue weighted by molar-refractivity contribution is 0.383. The third-order valence-corrected chi connectivity index (χ3v) is 4.74. The van der Waals surface area contributed by atoms with E-state index in [4.69, 9.17) is 21.1 Å². The number of rotatable bonds is 6. The summed E-state index contributed by atoms with van der Waals surface area (Å²) in [6, 6.07) is 7.64. The molecule has 0 aliphatic carbocycles. The molecule has 0 saturated carbocycles. The highest BCUT2D eigenvalue weighted by molar-refractivity contribution is 6.30. The predicted molar refractivity (Wildman–Crippen MR) is 111 cm³/mol. The maximum absolute atomic E-state index is 5.95. The van der Waals surface area contributed by atoms with Gasteiger partial charge in [-0.05, 0) is 24.6 Å². The van der Waals surface area contributed by atoms with Gasteiger partial charge in [0.2, 0.25) is 5.95 Å². The molecule has 0 fully saturated rings. The maximum Gasteiger partial charge on any atom is 0.223 e. The second-order valence-electron chi connectivity index (χ2n) is 6.45. The van der Waals surface area contributed by atoms with E-state index in [0.29, 0.717) is 29.6 Å². The van der Waals surface area contributed by atoms with Gasteiger partial charge in [0.1, 0.15) is 5.76 Å². The van der Waals surface area contributed by atoms with Crippen molar-refractivity contribution in [3.63, 3.8) is 0 Å². The van der Waals surface area contributed by atoms with E-state index in [-0.39, 0.29) is 0 Å². The first-order valence-corrected chi connectivity index (χ1v) is 9.60. The maximum atomic E-state index is 5.95. The Morgan fingerprint density at radius 1 is 1.07 bits per heavy atom. The van der Waals surface area contributed by atoms with Gasteiger partial charge in [-0.1, -0.05) is 35.8 Å². The van der Waals surface area contributed by atoms with Crippen molar-refractivity contribution in [3.05, 3.63) is 71.1 Å². The molecular formula is C21H19ClN6O. The van der Waals surface area contributed by atoms with Crippen molar-refractivity contribution in [3.8, 4) is 22.5 Å². The van der Waals surface area contributed by atoms with E-state index in [2.05, 4.69) is 25.4 Å². The Balaban J connectivity index is 1.74. The Morgan fingerprint density at radius 3 is 2.62 bits per heavy atom. The standard InChI is InChI=1S/C21H19ClN6O/c1-3-18-19(13(2)28-29-18)20-16(17-12-23-8-9-24-17)11-26-21(27-20)25-10-14-4-6-15(22)7-5-14/h4-9,11-12H,3,10H2,1-2H3,(H,25,26,27). The highest BCUT2D eigenvalue weighted by Gasteiger charge is 2.21. The Morgan fingerprint density at radius 2 is 1.90 bits per heavy atom. The van der Waals surface area contributed by atoms with Gasteiger partial charge in [0.25, 0.3) is 0 Å². The van der Waals surface area contributed by atoms with Crippen LogP contribution in [0.25, 0.3) is 22.5 Å². The fourth-order valence-corrected chi connectivity index (χ4v) is 3.15. The zero-order chi connectivity index (χ0) is 20.2. The summed E-state index contributed by atoms with van der Waals surface area (Å²) in [5.41, 5.74) is 4.90. The summed E-state index contributed by atoms with van der Waals surface area (Å²) in [4.78, 5) is 17.8. The first-order valence-electron chi connectivity index (χ1n) is 9.23. The molecule has 8 heteroatoms. The third kappa shape index (κ3) is 4.09. The van der Waals surface area contributed by atoms with Gasteiger partial charge in [-0.3, -0.25) is 9.97 Å². The van der Waals surface area contributed by atoms with Gasteiger partial charge in [0.05, 0.1) is 28.8 Å². The molecule has 0 spiro atoms. The SMILES string of the molecule is CCc1onc(C)c1-c1nc(NCc2ccc(Cl)cc2)ncc1-c1cnccn1. The van der Waals surface area contributed by atoms with Crippen LogP contribution in [0.2, 0.25) is 5.02 Å². The molecule has 7 nitrogen and oxygen atoms in total. The van der Waals surface area contributed by atoms with Crippen LogP contribution in [0.3, 0.4) is 0 Å². The molecule has 4 rings (SSSR count). The van der Waals surface area contributed by atoms with Gasteiger partial charge < -0.3 is 9.84 Å².